The summed E-state index contributed by atoms with van der Waals surface area (Å²) in [6.07, 6.45) is 3.92. The molecule has 2 aromatic heterocycles. The molecule has 3 heterocycles. The van der Waals surface area contributed by atoms with Gasteiger partial charge in [-0.1, -0.05) is 0 Å². The van der Waals surface area contributed by atoms with E-state index in [1.54, 1.807) is 26.8 Å². The predicted octanol–water partition coefficient (Wildman–Crippen LogP) is 3.36. The second-order valence-corrected chi connectivity index (χ2v) is 11.4. The van der Waals surface area contributed by atoms with Crippen molar-refractivity contribution in [3.63, 3.8) is 0 Å². The van der Waals surface area contributed by atoms with Gasteiger partial charge in [0.05, 0.1) is 23.5 Å². The Balaban J connectivity index is 1.33. The van der Waals surface area contributed by atoms with Crippen molar-refractivity contribution in [2.75, 3.05) is 17.4 Å². The molecule has 0 spiro atoms. The van der Waals surface area contributed by atoms with Gasteiger partial charge in [-0.25, -0.2) is 28.7 Å². The number of nitriles is 1. The predicted molar refractivity (Wildman–Crippen MR) is 157 cm³/mol. The largest absolute Gasteiger partial charge is 0.444 e. The van der Waals surface area contributed by atoms with Crippen LogP contribution in [0.5, 0.6) is 0 Å². The molecule has 1 saturated carbocycles. The lowest BCUT2D eigenvalue weighted by molar-refractivity contribution is -0.150. The molecule has 1 aromatic carbocycles. The Morgan fingerprint density at radius 3 is 2.69 bits per heavy atom. The minimum absolute atomic E-state index is 0.0988. The van der Waals surface area contributed by atoms with Crippen LogP contribution in [-0.2, 0) is 19.1 Å². The summed E-state index contributed by atoms with van der Waals surface area (Å²) < 4.78 is 26.3. The highest BCUT2D eigenvalue weighted by atomic mass is 19.1. The van der Waals surface area contributed by atoms with E-state index >= 15 is 0 Å². The van der Waals surface area contributed by atoms with Crippen LogP contribution in [-0.4, -0.2) is 67.9 Å². The number of benzene rings is 1. The van der Waals surface area contributed by atoms with E-state index in [-0.39, 0.29) is 28.8 Å². The van der Waals surface area contributed by atoms with Crippen LogP contribution < -0.4 is 21.3 Å². The summed E-state index contributed by atoms with van der Waals surface area (Å²) in [4.78, 5) is 55.2. The van der Waals surface area contributed by atoms with Gasteiger partial charge in [0.1, 0.15) is 34.8 Å². The fourth-order valence-electron chi connectivity index (χ4n) is 4.15. The van der Waals surface area contributed by atoms with Gasteiger partial charge < -0.3 is 30.7 Å². The lowest BCUT2D eigenvalue weighted by Gasteiger charge is -2.21. The molecular weight excluding hydrogens is 589 g/mol. The normalized spacial score (nSPS) is 16.3. The van der Waals surface area contributed by atoms with Gasteiger partial charge in [0.15, 0.2) is 12.4 Å². The zero-order valence-corrected chi connectivity index (χ0v) is 24.8. The molecule has 1 aliphatic heterocycles. The van der Waals surface area contributed by atoms with Gasteiger partial charge in [-0.15, -0.1) is 0 Å². The summed E-state index contributed by atoms with van der Waals surface area (Å²) in [5.41, 5.74) is 0.0154. The number of ether oxygens (including phenoxy) is 2. The zero-order chi connectivity index (χ0) is 32.5. The molecular formula is C29H30FN9O6. The van der Waals surface area contributed by atoms with Gasteiger partial charge in [0, 0.05) is 17.7 Å². The van der Waals surface area contributed by atoms with E-state index in [1.807, 2.05) is 6.07 Å². The van der Waals surface area contributed by atoms with Crippen molar-refractivity contribution in [2.24, 2.45) is 0 Å². The summed E-state index contributed by atoms with van der Waals surface area (Å²) in [5.74, 6) is -1.48. The number of nitrogens with one attached hydrogen (secondary N) is 4. The molecule has 4 N–H and O–H groups in total. The van der Waals surface area contributed by atoms with E-state index in [4.69, 9.17) is 14.7 Å². The van der Waals surface area contributed by atoms with E-state index in [0.717, 1.165) is 18.9 Å². The Labute approximate surface area is 256 Å². The number of carbonyl (C=O) groups excluding carboxylic acids is 4. The highest BCUT2D eigenvalue weighted by molar-refractivity contribution is 6.14. The number of imide groups is 1. The van der Waals surface area contributed by atoms with Crippen LogP contribution in [0.2, 0.25) is 0 Å². The third-order valence-corrected chi connectivity index (χ3v) is 6.47. The van der Waals surface area contributed by atoms with Gasteiger partial charge >= 0.3 is 18.1 Å². The molecule has 3 aromatic rings. The molecule has 0 bridgehead atoms. The van der Waals surface area contributed by atoms with Crippen LogP contribution in [0.25, 0.3) is 11.7 Å². The fraction of sp³-hybridized carbons (Fsp3) is 0.345. The quantitative estimate of drug-likeness (QED) is 0.156. The lowest BCUT2D eigenvalue weighted by atomic mass is 10.2. The Kier molecular flexibility index (Phi) is 8.27. The van der Waals surface area contributed by atoms with E-state index < -0.39 is 48.2 Å². The van der Waals surface area contributed by atoms with E-state index in [0.29, 0.717) is 21.9 Å². The lowest BCUT2D eigenvalue weighted by Crippen LogP contribution is -2.44. The number of aromatic nitrogens is 3. The summed E-state index contributed by atoms with van der Waals surface area (Å²) in [6.45, 7) is 5.67. The second-order valence-electron chi connectivity index (χ2n) is 11.4. The highest BCUT2D eigenvalue weighted by Crippen LogP contribution is 2.29. The van der Waals surface area contributed by atoms with Crippen LogP contribution in [0.1, 0.15) is 51.7 Å². The van der Waals surface area contributed by atoms with Crippen molar-refractivity contribution in [2.45, 2.75) is 58.2 Å². The number of rotatable bonds is 9. The average Bonchev–Trinajstić information content (AvgIpc) is 3.63. The Morgan fingerprint density at radius 1 is 1.27 bits per heavy atom. The fourth-order valence-corrected chi connectivity index (χ4v) is 4.15. The highest BCUT2D eigenvalue weighted by Gasteiger charge is 2.35. The third-order valence-electron chi connectivity index (χ3n) is 6.47. The van der Waals surface area contributed by atoms with Gasteiger partial charge in [0.25, 0.3) is 5.91 Å². The molecule has 4 amide bonds. The molecule has 0 radical (unpaired) electrons. The number of amides is 4. The van der Waals surface area contributed by atoms with Gasteiger partial charge in [-0.05, 0) is 64.8 Å². The smallest absolute Gasteiger partial charge is 0.408 e. The maximum atomic E-state index is 14.6. The van der Waals surface area contributed by atoms with E-state index in [1.165, 1.54) is 35.8 Å². The first-order valence-electron chi connectivity index (χ1n) is 13.9. The number of halogens is 1. The Morgan fingerprint density at radius 2 is 2.02 bits per heavy atom. The van der Waals surface area contributed by atoms with Gasteiger partial charge in [-0.3, -0.25) is 4.79 Å². The summed E-state index contributed by atoms with van der Waals surface area (Å²) in [5, 5.41) is 24.4. The van der Waals surface area contributed by atoms with Crippen molar-refractivity contribution in [1.82, 2.24) is 30.1 Å². The maximum absolute atomic E-state index is 14.6. The number of esters is 1. The van der Waals surface area contributed by atoms with E-state index in [9.17, 15) is 23.6 Å². The van der Waals surface area contributed by atoms with Crippen molar-refractivity contribution < 1.29 is 33.0 Å². The molecule has 0 unspecified atom stereocenters. The molecule has 1 atom stereocenters. The molecule has 1 aliphatic carbocycles. The Bertz CT molecular complexity index is 1770. The number of fused-ring (bicyclic) bond motifs is 1. The standard InChI is InChI=1S/C29H30FN9O6/c1-15(33-28(43)45-29(2,3)4)26(41)44-14-38-25(40)21(36-27(38)42)10-17-13-32-39-23(34-18-6-7-18)11-22(37-24(17)39)35-20-8-5-16(12-31)9-19(20)30/h5,8-11,13,15,18,34H,6-7,14H2,1-4H3,(H,33,43)(H,35,37)(H,36,42)/b21-10-/t15-/m0/s1. The molecule has 2 aliphatic rings. The molecule has 234 valence electrons. The number of hydrogen-bond donors (Lipinski definition) is 4. The number of nitrogens with zero attached hydrogens (tertiary/aromatic N) is 5. The van der Waals surface area contributed by atoms with Crippen LogP contribution in [0, 0.1) is 17.1 Å². The molecule has 45 heavy (non-hydrogen) atoms. The van der Waals surface area contributed by atoms with E-state index in [2.05, 4.69) is 31.3 Å². The molecule has 16 heteroatoms. The number of urea groups is 1. The van der Waals surface area contributed by atoms with Crippen molar-refractivity contribution in [3.8, 4) is 6.07 Å². The minimum Gasteiger partial charge on any atom is -0.444 e. The van der Waals surface area contributed by atoms with Crippen molar-refractivity contribution in [3.05, 3.63) is 53.1 Å². The van der Waals surface area contributed by atoms with Crippen molar-refractivity contribution in [1.29, 1.82) is 5.26 Å². The molecule has 1 saturated heterocycles. The number of carbonyl (C=O) groups is 4. The summed E-state index contributed by atoms with van der Waals surface area (Å²) in [6, 6.07) is 5.83. The minimum atomic E-state index is -1.11. The monoisotopic (exact) mass is 619 g/mol. The molecule has 15 nitrogen and oxygen atoms in total. The first kappa shape index (κ1) is 30.7. The summed E-state index contributed by atoms with van der Waals surface area (Å²) >= 11 is 0. The number of alkyl carbamates (subject to hydrolysis) is 1. The topological polar surface area (TPSA) is 192 Å². The first-order valence-corrected chi connectivity index (χ1v) is 13.9. The van der Waals surface area contributed by atoms with Gasteiger partial charge in [-0.2, -0.15) is 14.9 Å². The Hall–Kier alpha value is -5.72. The van der Waals surface area contributed by atoms with Crippen molar-refractivity contribution >= 4 is 53.0 Å². The van der Waals surface area contributed by atoms with Crippen LogP contribution >= 0.6 is 0 Å². The average molecular weight is 620 g/mol. The second kappa shape index (κ2) is 12.1. The SMILES string of the molecule is C[C@H](NC(=O)OC(C)(C)C)C(=O)OCN1C(=O)N/C(=C\c2cnn3c(NC4CC4)cc(Nc4ccc(C#N)cc4F)nc23)C1=O. The zero-order valence-electron chi connectivity index (χ0n) is 24.8. The van der Waals surface area contributed by atoms with Crippen LogP contribution in [0.4, 0.5) is 31.3 Å². The van der Waals surface area contributed by atoms with Gasteiger partial charge in [0.2, 0.25) is 0 Å². The maximum Gasteiger partial charge on any atom is 0.408 e. The third kappa shape index (κ3) is 7.26. The first-order chi connectivity index (χ1) is 21.3. The van der Waals surface area contributed by atoms with Crippen LogP contribution in [0.15, 0.2) is 36.2 Å². The summed E-state index contributed by atoms with van der Waals surface area (Å²) in [7, 11) is 0. The molecule has 5 rings (SSSR count). The number of anilines is 3. The van der Waals surface area contributed by atoms with Crippen LogP contribution in [0.3, 0.4) is 0 Å². The molecule has 2 fully saturated rings. The number of hydrogen-bond acceptors (Lipinski definition) is 11.